The summed E-state index contributed by atoms with van der Waals surface area (Å²) in [5.41, 5.74) is 12.6. The topological polar surface area (TPSA) is 14.1 Å². The van der Waals surface area contributed by atoms with Gasteiger partial charge in [-0.3, -0.25) is 0 Å². The molecule has 11 aromatic rings. The SMILES string of the molecule is [C-]#[N+]c1ccc(N2c3cccc4c3B(c3cc5ccc6cccc7ccc(c32)c5c67)c2cc3ccc5cccc6ccc(c2N4c2ccc(N(C)C)cc2)c3c56)cc1. The van der Waals surface area contributed by atoms with Gasteiger partial charge in [0.2, 0.25) is 0 Å². The minimum atomic E-state index is -0.0453. The maximum Gasteiger partial charge on any atom is 0.252 e. The van der Waals surface area contributed by atoms with Gasteiger partial charge >= 0.3 is 0 Å². The van der Waals surface area contributed by atoms with E-state index in [2.05, 4.69) is 185 Å². The predicted molar refractivity (Wildman–Crippen MR) is 248 cm³/mol. The molecule has 0 saturated heterocycles. The highest BCUT2D eigenvalue weighted by Gasteiger charge is 2.45. The van der Waals surface area contributed by atoms with Crippen LogP contribution in [0, 0.1) is 6.57 Å². The molecule has 0 atom stereocenters. The summed E-state index contributed by atoms with van der Waals surface area (Å²) < 4.78 is 0. The summed E-state index contributed by atoms with van der Waals surface area (Å²) in [6.07, 6.45) is 0. The van der Waals surface area contributed by atoms with Gasteiger partial charge in [0.05, 0.1) is 6.57 Å². The average molecular weight is 737 g/mol. The molecule has 0 aliphatic carbocycles. The van der Waals surface area contributed by atoms with E-state index in [1.54, 1.807) is 0 Å². The molecule has 2 aliphatic heterocycles. The van der Waals surface area contributed by atoms with Crippen molar-refractivity contribution in [2.75, 3.05) is 28.8 Å². The van der Waals surface area contributed by atoms with E-state index in [-0.39, 0.29) is 6.71 Å². The lowest BCUT2D eigenvalue weighted by Gasteiger charge is -2.45. The molecule has 0 unspecified atom stereocenters. The molecule has 0 radical (unpaired) electrons. The van der Waals surface area contributed by atoms with Crippen molar-refractivity contribution in [3.63, 3.8) is 0 Å². The minimum Gasteiger partial charge on any atom is -0.378 e. The second-order valence-corrected chi connectivity index (χ2v) is 16.2. The molecule has 0 fully saturated rings. The summed E-state index contributed by atoms with van der Waals surface area (Å²) in [4.78, 5) is 10.9. The van der Waals surface area contributed by atoms with Crippen LogP contribution in [0.5, 0.6) is 0 Å². The molecule has 0 amide bonds. The molecular weight excluding hydrogens is 703 g/mol. The lowest BCUT2D eigenvalue weighted by atomic mass is 9.33. The van der Waals surface area contributed by atoms with E-state index in [1.165, 1.54) is 98.1 Å². The van der Waals surface area contributed by atoms with Crippen LogP contribution in [0.3, 0.4) is 0 Å². The van der Waals surface area contributed by atoms with Gasteiger partial charge in [-0.1, -0.05) is 115 Å². The van der Waals surface area contributed by atoms with Crippen molar-refractivity contribution >= 4 is 133 Å². The van der Waals surface area contributed by atoms with E-state index in [9.17, 15) is 0 Å². The maximum absolute atomic E-state index is 7.76. The maximum atomic E-state index is 7.76. The molecule has 0 spiro atoms. The number of nitrogens with zero attached hydrogens (tertiary/aromatic N) is 4. The fourth-order valence-electron chi connectivity index (χ4n) is 10.6. The lowest BCUT2D eigenvalue weighted by Crippen LogP contribution is -2.61. The highest BCUT2D eigenvalue weighted by molar-refractivity contribution is 7.01. The lowest BCUT2D eigenvalue weighted by molar-refractivity contribution is 1.13. The van der Waals surface area contributed by atoms with E-state index in [4.69, 9.17) is 6.57 Å². The second kappa shape index (κ2) is 11.3. The van der Waals surface area contributed by atoms with Gasteiger partial charge < -0.3 is 14.7 Å². The summed E-state index contributed by atoms with van der Waals surface area (Å²) in [5, 5.41) is 15.3. The Morgan fingerprint density at radius 2 is 0.897 bits per heavy atom. The predicted octanol–water partition coefficient (Wildman–Crippen LogP) is 12.2. The van der Waals surface area contributed by atoms with Crippen LogP contribution in [-0.2, 0) is 0 Å². The van der Waals surface area contributed by atoms with E-state index >= 15 is 0 Å². The molecule has 0 bridgehead atoms. The molecule has 2 aliphatic rings. The van der Waals surface area contributed by atoms with Crippen LogP contribution in [0.2, 0.25) is 0 Å². The zero-order chi connectivity index (χ0) is 38.4. The Bertz CT molecular complexity index is 3530. The number of rotatable bonds is 3. The van der Waals surface area contributed by atoms with E-state index < -0.39 is 0 Å². The van der Waals surface area contributed by atoms with Crippen LogP contribution < -0.4 is 31.1 Å². The van der Waals surface area contributed by atoms with E-state index in [0.717, 1.165) is 22.7 Å². The van der Waals surface area contributed by atoms with Crippen molar-refractivity contribution in [3.05, 3.63) is 175 Å². The van der Waals surface area contributed by atoms with Crippen molar-refractivity contribution in [3.8, 4) is 0 Å². The van der Waals surface area contributed by atoms with E-state index in [1.807, 2.05) is 12.1 Å². The minimum absolute atomic E-state index is 0.0453. The zero-order valence-corrected chi connectivity index (χ0v) is 32.0. The molecule has 0 aromatic heterocycles. The summed E-state index contributed by atoms with van der Waals surface area (Å²) >= 11 is 0. The fourth-order valence-corrected chi connectivity index (χ4v) is 10.6. The van der Waals surface area contributed by atoms with Crippen LogP contribution in [0.1, 0.15) is 0 Å². The van der Waals surface area contributed by atoms with Crippen LogP contribution in [0.25, 0.3) is 69.5 Å². The Hall–Kier alpha value is -7.55. The average Bonchev–Trinajstić information content (AvgIpc) is 3.27. The summed E-state index contributed by atoms with van der Waals surface area (Å²) in [7, 11) is 4.19. The van der Waals surface area contributed by atoms with Crippen molar-refractivity contribution in [2.24, 2.45) is 0 Å². The van der Waals surface area contributed by atoms with Crippen molar-refractivity contribution < 1.29 is 0 Å². The summed E-state index contributed by atoms with van der Waals surface area (Å²) in [6, 6.07) is 60.9. The number of benzene rings is 11. The third kappa shape index (κ3) is 4.03. The first-order valence-corrected chi connectivity index (χ1v) is 19.9. The van der Waals surface area contributed by atoms with Gasteiger partial charge in [0.1, 0.15) is 0 Å². The number of anilines is 7. The Labute approximate surface area is 335 Å². The van der Waals surface area contributed by atoms with Crippen LogP contribution >= 0.6 is 0 Å². The third-order valence-electron chi connectivity index (χ3n) is 13.1. The molecule has 4 nitrogen and oxygen atoms in total. The molecule has 11 aromatic carbocycles. The Kier molecular flexibility index (Phi) is 6.15. The van der Waals surface area contributed by atoms with Crippen molar-refractivity contribution in [1.82, 2.24) is 0 Å². The molecule has 0 N–H and O–H groups in total. The normalized spacial score (nSPS) is 13.2. The van der Waals surface area contributed by atoms with Gasteiger partial charge in [-0.2, -0.15) is 0 Å². The van der Waals surface area contributed by atoms with Gasteiger partial charge in [-0.05, 0) is 119 Å². The molecule has 5 heteroatoms. The molecular formula is C53H33BN4. The van der Waals surface area contributed by atoms with Gasteiger partial charge in [0.25, 0.3) is 6.71 Å². The first-order valence-electron chi connectivity index (χ1n) is 19.9. The van der Waals surface area contributed by atoms with Gasteiger partial charge in [0, 0.05) is 64.7 Å². The fraction of sp³-hybridized carbons (Fsp3) is 0.0377. The van der Waals surface area contributed by atoms with Crippen molar-refractivity contribution in [1.29, 1.82) is 0 Å². The number of fused-ring (bicyclic) bond motifs is 6. The highest BCUT2D eigenvalue weighted by atomic mass is 15.2. The summed E-state index contributed by atoms with van der Waals surface area (Å²) in [6.45, 7) is 7.71. The Morgan fingerprint density at radius 1 is 0.466 bits per heavy atom. The first kappa shape index (κ1) is 31.6. The molecule has 0 saturated carbocycles. The van der Waals surface area contributed by atoms with Gasteiger partial charge in [0.15, 0.2) is 5.69 Å². The molecule has 268 valence electrons. The van der Waals surface area contributed by atoms with Crippen molar-refractivity contribution in [2.45, 2.75) is 0 Å². The Morgan fingerprint density at radius 3 is 1.36 bits per heavy atom. The molecule has 58 heavy (non-hydrogen) atoms. The highest BCUT2D eigenvalue weighted by Crippen LogP contribution is 2.50. The third-order valence-corrected chi connectivity index (χ3v) is 13.1. The quantitative estimate of drug-likeness (QED) is 0.102. The summed E-state index contributed by atoms with van der Waals surface area (Å²) in [5.74, 6) is 0. The van der Waals surface area contributed by atoms with Gasteiger partial charge in [-0.25, -0.2) is 4.85 Å². The largest absolute Gasteiger partial charge is 0.378 e. The van der Waals surface area contributed by atoms with Gasteiger partial charge in [-0.15, -0.1) is 0 Å². The van der Waals surface area contributed by atoms with Crippen LogP contribution in [0.15, 0.2) is 164 Å². The standard InChI is InChI=1S/C53H33BN4/c1-55-37-19-21-39(22-20-37)57-45-11-6-12-46-51(45)54(43-29-35-15-13-31-7-4-9-33-17-27-41(52(43)57)49(35)47(31)33)44-30-36-16-14-32-8-5-10-34-18-28-42(50(36)48(32)34)53(44)58(46)40-25-23-38(24-26-40)56(2)3/h4-30H,2-3H3. The van der Waals surface area contributed by atoms with Crippen LogP contribution in [-0.4, -0.2) is 20.8 Å². The first-order chi connectivity index (χ1) is 28.6. The van der Waals surface area contributed by atoms with E-state index in [0.29, 0.717) is 5.69 Å². The Balaban J connectivity index is 1.21. The monoisotopic (exact) mass is 736 g/mol. The second-order valence-electron chi connectivity index (χ2n) is 16.2. The number of hydrogen-bond donors (Lipinski definition) is 0. The number of hydrogen-bond acceptors (Lipinski definition) is 3. The molecule has 2 heterocycles. The zero-order valence-electron chi connectivity index (χ0n) is 32.0. The van der Waals surface area contributed by atoms with Crippen LogP contribution in [0.4, 0.5) is 45.5 Å². The molecule has 13 rings (SSSR count). The smallest absolute Gasteiger partial charge is 0.252 e.